The van der Waals surface area contributed by atoms with Gasteiger partial charge in [0.15, 0.2) is 17.5 Å². The SMILES string of the molecule is c1ccc(-c2ccc(-c3nc(-c4ccccc4)nc(-c4ccc(-n5c6c7ccccc7sc6c6sc7ccccc7c65)cc4)n3)cc2)cc1. The molecule has 0 spiro atoms. The average Bonchev–Trinajstić information content (AvgIpc) is 3.84. The molecule has 0 unspecified atom stereocenters. The lowest BCUT2D eigenvalue weighted by atomic mass is 10.0. The lowest BCUT2D eigenvalue weighted by molar-refractivity contribution is 1.07. The van der Waals surface area contributed by atoms with Crippen molar-refractivity contribution in [2.24, 2.45) is 0 Å². The molecule has 0 saturated carbocycles. The summed E-state index contributed by atoms with van der Waals surface area (Å²) >= 11 is 3.77. The second-order valence-corrected chi connectivity index (χ2v) is 14.2. The molecule has 0 atom stereocenters. The Kier molecular flexibility index (Phi) is 6.50. The minimum Gasteiger partial charge on any atom is -0.306 e. The maximum Gasteiger partial charge on any atom is 0.164 e. The number of aromatic nitrogens is 4. The molecule has 6 heteroatoms. The number of rotatable bonds is 5. The summed E-state index contributed by atoms with van der Waals surface area (Å²) in [5.41, 5.74) is 8.83. The number of nitrogens with zero attached hydrogens (tertiary/aromatic N) is 4. The van der Waals surface area contributed by atoms with Gasteiger partial charge in [-0.3, -0.25) is 0 Å². The quantitative estimate of drug-likeness (QED) is 0.184. The summed E-state index contributed by atoms with van der Waals surface area (Å²) in [7, 11) is 0. The van der Waals surface area contributed by atoms with Gasteiger partial charge < -0.3 is 4.57 Å². The average molecular weight is 663 g/mol. The first kappa shape index (κ1) is 28.1. The van der Waals surface area contributed by atoms with Crippen molar-refractivity contribution in [2.45, 2.75) is 0 Å². The molecule has 6 aromatic carbocycles. The Morgan fingerprint density at radius 1 is 0.347 bits per heavy atom. The molecule has 0 amide bonds. The molecule has 4 heterocycles. The molecule has 4 nitrogen and oxygen atoms in total. The molecule has 10 aromatic rings. The van der Waals surface area contributed by atoms with Crippen molar-refractivity contribution in [1.82, 2.24) is 19.5 Å². The van der Waals surface area contributed by atoms with Crippen molar-refractivity contribution in [1.29, 1.82) is 0 Å². The Balaban J connectivity index is 1.12. The Labute approximate surface area is 290 Å². The lowest BCUT2D eigenvalue weighted by Crippen LogP contribution is -2.00. The fourth-order valence-electron chi connectivity index (χ4n) is 6.74. The second-order valence-electron chi connectivity index (χ2n) is 12.0. The van der Waals surface area contributed by atoms with Gasteiger partial charge in [0.1, 0.15) is 0 Å². The van der Waals surface area contributed by atoms with Crippen LogP contribution in [0.2, 0.25) is 0 Å². The van der Waals surface area contributed by atoms with Crippen LogP contribution in [0.1, 0.15) is 0 Å². The van der Waals surface area contributed by atoms with E-state index >= 15 is 0 Å². The molecule has 0 fully saturated rings. The predicted octanol–water partition coefficient (Wildman–Crippen LogP) is 12.1. The highest BCUT2D eigenvalue weighted by Crippen LogP contribution is 2.48. The molecule has 0 aliphatic rings. The van der Waals surface area contributed by atoms with Gasteiger partial charge in [-0.25, -0.2) is 15.0 Å². The number of hydrogen-bond donors (Lipinski definition) is 0. The normalized spacial score (nSPS) is 11.7. The van der Waals surface area contributed by atoms with E-state index < -0.39 is 0 Å². The number of thiophene rings is 2. The molecular weight excluding hydrogens is 637 g/mol. The largest absolute Gasteiger partial charge is 0.306 e. The first-order valence-corrected chi connectivity index (χ1v) is 17.8. The molecule has 4 aromatic heterocycles. The summed E-state index contributed by atoms with van der Waals surface area (Å²) in [5.74, 6) is 1.95. The van der Waals surface area contributed by atoms with Crippen LogP contribution >= 0.6 is 22.7 Å². The summed E-state index contributed by atoms with van der Waals surface area (Å²) in [5, 5.41) is 2.57. The van der Waals surface area contributed by atoms with Crippen LogP contribution in [0.15, 0.2) is 158 Å². The molecular formula is C43H26N4S2. The van der Waals surface area contributed by atoms with Gasteiger partial charge in [-0.1, -0.05) is 121 Å². The number of fused-ring (bicyclic) bond motifs is 7. The zero-order valence-electron chi connectivity index (χ0n) is 26.1. The van der Waals surface area contributed by atoms with Crippen LogP contribution < -0.4 is 0 Å². The molecule has 0 aliphatic carbocycles. The van der Waals surface area contributed by atoms with Crippen LogP contribution in [0.5, 0.6) is 0 Å². The number of benzene rings is 6. The van der Waals surface area contributed by atoms with Gasteiger partial charge in [0.25, 0.3) is 0 Å². The lowest BCUT2D eigenvalue weighted by Gasteiger charge is -2.11. The smallest absolute Gasteiger partial charge is 0.164 e. The molecule has 49 heavy (non-hydrogen) atoms. The monoisotopic (exact) mass is 662 g/mol. The highest BCUT2D eigenvalue weighted by Gasteiger charge is 2.22. The van der Waals surface area contributed by atoms with Gasteiger partial charge in [-0.15, -0.1) is 22.7 Å². The van der Waals surface area contributed by atoms with Crippen LogP contribution in [0.3, 0.4) is 0 Å². The summed E-state index contributed by atoms with van der Waals surface area (Å²) in [4.78, 5) is 15.0. The van der Waals surface area contributed by atoms with Crippen molar-refractivity contribution in [3.8, 4) is 51.0 Å². The maximum absolute atomic E-state index is 5.03. The minimum absolute atomic E-state index is 0.646. The molecule has 0 saturated heterocycles. The van der Waals surface area contributed by atoms with Gasteiger partial charge in [0.2, 0.25) is 0 Å². The zero-order chi connectivity index (χ0) is 32.3. The molecule has 0 bridgehead atoms. The van der Waals surface area contributed by atoms with Gasteiger partial charge in [0.05, 0.1) is 20.4 Å². The van der Waals surface area contributed by atoms with E-state index in [1.54, 1.807) is 0 Å². The predicted molar refractivity (Wildman–Crippen MR) is 207 cm³/mol. The van der Waals surface area contributed by atoms with Crippen LogP contribution in [-0.4, -0.2) is 19.5 Å². The summed E-state index contributed by atoms with van der Waals surface area (Å²) in [6, 6.07) is 55.2. The Morgan fingerprint density at radius 3 is 1.22 bits per heavy atom. The fourth-order valence-corrected chi connectivity index (χ4v) is 9.24. The zero-order valence-corrected chi connectivity index (χ0v) is 27.7. The molecule has 0 radical (unpaired) electrons. The third-order valence-electron chi connectivity index (χ3n) is 9.09. The fraction of sp³-hybridized carbons (Fsp3) is 0. The van der Waals surface area contributed by atoms with Gasteiger partial charge in [-0.2, -0.15) is 0 Å². The van der Waals surface area contributed by atoms with E-state index in [0.717, 1.165) is 27.9 Å². The number of hydrogen-bond acceptors (Lipinski definition) is 5. The first-order chi connectivity index (χ1) is 24.3. The molecule has 0 aliphatic heterocycles. The third kappa shape index (κ3) is 4.68. The standard InChI is InChI=1S/C43H26N4S2/c1-3-11-27(12-4-1)28-19-21-30(22-20-28)42-44-41(29-13-5-2-6-14-29)45-43(46-42)31-23-25-32(26-24-31)47-37-33-15-7-9-17-35(33)48-39(37)40-38(47)34-16-8-10-18-36(34)49-40/h1-26H. The Morgan fingerprint density at radius 2 is 0.714 bits per heavy atom. The van der Waals surface area contributed by atoms with Crippen molar-refractivity contribution >= 4 is 63.3 Å². The van der Waals surface area contributed by atoms with E-state index in [-0.39, 0.29) is 0 Å². The van der Waals surface area contributed by atoms with Gasteiger partial charge in [0, 0.05) is 42.6 Å². The summed E-state index contributed by atoms with van der Waals surface area (Å²) in [6.07, 6.45) is 0. The van der Waals surface area contributed by atoms with E-state index in [1.165, 1.54) is 46.2 Å². The van der Waals surface area contributed by atoms with Crippen molar-refractivity contribution in [3.63, 3.8) is 0 Å². The minimum atomic E-state index is 0.646. The summed E-state index contributed by atoms with van der Waals surface area (Å²) in [6.45, 7) is 0. The molecule has 10 rings (SSSR count). The highest BCUT2D eigenvalue weighted by atomic mass is 32.1. The van der Waals surface area contributed by atoms with Crippen molar-refractivity contribution in [3.05, 3.63) is 158 Å². The van der Waals surface area contributed by atoms with Crippen molar-refractivity contribution in [2.75, 3.05) is 0 Å². The molecule has 0 N–H and O–H groups in total. The van der Waals surface area contributed by atoms with E-state index in [4.69, 9.17) is 15.0 Å². The van der Waals surface area contributed by atoms with E-state index in [2.05, 4.69) is 126 Å². The van der Waals surface area contributed by atoms with E-state index in [9.17, 15) is 0 Å². The van der Waals surface area contributed by atoms with Crippen LogP contribution in [0, 0.1) is 0 Å². The second kappa shape index (κ2) is 11.3. The Hall–Kier alpha value is -5.95. The molecule has 230 valence electrons. The topological polar surface area (TPSA) is 43.6 Å². The first-order valence-electron chi connectivity index (χ1n) is 16.2. The van der Waals surface area contributed by atoms with E-state index in [1.807, 2.05) is 59.1 Å². The van der Waals surface area contributed by atoms with E-state index in [0.29, 0.717) is 17.5 Å². The van der Waals surface area contributed by atoms with Gasteiger partial charge in [-0.05, 0) is 47.5 Å². The van der Waals surface area contributed by atoms with Crippen LogP contribution in [0.4, 0.5) is 0 Å². The summed E-state index contributed by atoms with van der Waals surface area (Å²) < 4.78 is 7.75. The van der Waals surface area contributed by atoms with Crippen LogP contribution in [-0.2, 0) is 0 Å². The van der Waals surface area contributed by atoms with Gasteiger partial charge >= 0.3 is 0 Å². The maximum atomic E-state index is 5.03. The highest BCUT2D eigenvalue weighted by molar-refractivity contribution is 7.33. The van der Waals surface area contributed by atoms with Crippen LogP contribution in [0.25, 0.3) is 91.6 Å². The third-order valence-corrected chi connectivity index (χ3v) is 11.6. The Bertz CT molecular complexity index is 2710. The van der Waals surface area contributed by atoms with Crippen molar-refractivity contribution < 1.29 is 0 Å².